The third-order valence-electron chi connectivity index (χ3n) is 4.25. The second kappa shape index (κ2) is 10.8. The molecule has 0 unspecified atom stereocenters. The Balaban J connectivity index is 1.42. The van der Waals surface area contributed by atoms with Gasteiger partial charge in [-0.2, -0.15) is 0 Å². The number of ether oxygens (including phenoxy) is 1. The second-order valence-corrected chi connectivity index (χ2v) is 7.47. The van der Waals surface area contributed by atoms with Crippen molar-refractivity contribution in [3.05, 3.63) is 88.9 Å². The van der Waals surface area contributed by atoms with Gasteiger partial charge in [-0.05, 0) is 47.5 Å². The van der Waals surface area contributed by atoms with E-state index in [-0.39, 0.29) is 23.3 Å². The lowest BCUT2D eigenvalue weighted by Gasteiger charge is -2.11. The molecule has 31 heavy (non-hydrogen) atoms. The molecule has 0 aliphatic carbocycles. The van der Waals surface area contributed by atoms with Crippen LogP contribution in [0.3, 0.4) is 0 Å². The minimum absolute atomic E-state index is 0.00370. The van der Waals surface area contributed by atoms with Crippen LogP contribution >= 0.6 is 23.2 Å². The van der Waals surface area contributed by atoms with E-state index in [0.29, 0.717) is 29.5 Å². The fourth-order valence-corrected chi connectivity index (χ4v) is 2.93. The zero-order valence-electron chi connectivity index (χ0n) is 16.5. The number of carbonyl (C=O) groups is 1. The number of hydrogen-bond donors (Lipinski definition) is 2. The zero-order chi connectivity index (χ0) is 22.2. The molecule has 1 heterocycles. The molecule has 0 aliphatic heterocycles. The summed E-state index contributed by atoms with van der Waals surface area (Å²) in [6, 6.07) is 15.4. The minimum atomic E-state index is -0.601. The minimum Gasteiger partial charge on any atom is -0.484 e. The number of nitrogens with zero attached hydrogens (tertiary/aromatic N) is 1. The maximum atomic E-state index is 13.4. The monoisotopic (exact) mass is 459 g/mol. The maximum absolute atomic E-state index is 13.4. The second-order valence-electron chi connectivity index (χ2n) is 6.63. The lowest BCUT2D eigenvalue weighted by molar-refractivity contribution is -0.123. The van der Waals surface area contributed by atoms with E-state index in [1.54, 1.807) is 6.20 Å². The summed E-state index contributed by atoms with van der Waals surface area (Å²) in [6.07, 6.45) is 2.20. The molecular weight excluding hydrogens is 440 g/mol. The molecule has 1 aromatic heterocycles. The molecule has 0 bridgehead atoms. The standard InChI is InChI=1S/C23H20Cl2FN3O2/c1-15(8-10-28-23(30)14-31-19-6-7-20(25)21(26)13-19)29-22-12-17(9-11-27-22)16-2-4-18(24)5-3-16/h2-7,9,11-13H,1,8,10,14H2,(H,27,29)(H,28,30). The van der Waals surface area contributed by atoms with Crippen molar-refractivity contribution in [1.29, 1.82) is 0 Å². The van der Waals surface area contributed by atoms with Crippen molar-refractivity contribution in [3.8, 4) is 16.9 Å². The third-order valence-corrected chi connectivity index (χ3v) is 4.81. The number of nitrogens with one attached hydrogen (secondary N) is 2. The Morgan fingerprint density at radius 2 is 1.84 bits per heavy atom. The summed E-state index contributed by atoms with van der Waals surface area (Å²) in [5, 5.41) is 6.53. The zero-order valence-corrected chi connectivity index (χ0v) is 18.0. The molecule has 5 nitrogen and oxygen atoms in total. The fourth-order valence-electron chi connectivity index (χ4n) is 2.68. The van der Waals surface area contributed by atoms with Crippen molar-refractivity contribution in [2.75, 3.05) is 18.5 Å². The highest BCUT2D eigenvalue weighted by molar-refractivity contribution is 6.31. The Morgan fingerprint density at radius 3 is 2.58 bits per heavy atom. The molecule has 0 atom stereocenters. The largest absolute Gasteiger partial charge is 0.484 e. The Hall–Kier alpha value is -3.09. The average molecular weight is 460 g/mol. The number of hydrogen-bond acceptors (Lipinski definition) is 4. The molecular formula is C23H20Cl2FN3O2. The van der Waals surface area contributed by atoms with Crippen molar-refractivity contribution in [1.82, 2.24) is 10.3 Å². The number of benzene rings is 2. The molecule has 2 aromatic carbocycles. The number of amides is 1. The van der Waals surface area contributed by atoms with Crippen LogP contribution in [-0.4, -0.2) is 24.0 Å². The summed E-state index contributed by atoms with van der Waals surface area (Å²) in [5.41, 5.74) is 2.71. The first kappa shape index (κ1) is 22.6. The number of anilines is 1. The Labute approximate surface area is 189 Å². The van der Waals surface area contributed by atoms with Gasteiger partial charge in [0.2, 0.25) is 0 Å². The van der Waals surface area contributed by atoms with Gasteiger partial charge in [-0.3, -0.25) is 4.79 Å². The predicted molar refractivity (Wildman–Crippen MR) is 122 cm³/mol. The number of carbonyl (C=O) groups excluding carboxylic acids is 1. The van der Waals surface area contributed by atoms with Crippen LogP contribution in [0, 0.1) is 5.82 Å². The van der Waals surface area contributed by atoms with Crippen LogP contribution in [0.4, 0.5) is 10.2 Å². The Morgan fingerprint density at radius 1 is 1.06 bits per heavy atom. The molecule has 3 aromatic rings. The van der Waals surface area contributed by atoms with Gasteiger partial charge in [-0.25, -0.2) is 9.37 Å². The van der Waals surface area contributed by atoms with E-state index in [9.17, 15) is 9.18 Å². The molecule has 1 amide bonds. The van der Waals surface area contributed by atoms with E-state index in [1.165, 1.54) is 12.1 Å². The lowest BCUT2D eigenvalue weighted by Crippen LogP contribution is -2.30. The summed E-state index contributed by atoms with van der Waals surface area (Å²) in [5.74, 6) is -0.0478. The number of halogens is 3. The van der Waals surface area contributed by atoms with Crippen LogP contribution in [-0.2, 0) is 4.79 Å². The van der Waals surface area contributed by atoms with Gasteiger partial charge in [0.05, 0.1) is 5.02 Å². The van der Waals surface area contributed by atoms with Crippen molar-refractivity contribution in [3.63, 3.8) is 0 Å². The summed E-state index contributed by atoms with van der Waals surface area (Å²) in [7, 11) is 0. The molecule has 8 heteroatoms. The topological polar surface area (TPSA) is 63.2 Å². The summed E-state index contributed by atoms with van der Waals surface area (Å²) >= 11 is 11.6. The Bertz CT molecular complexity index is 1070. The van der Waals surface area contributed by atoms with E-state index in [4.69, 9.17) is 27.9 Å². The van der Waals surface area contributed by atoms with Gasteiger partial charge < -0.3 is 15.4 Å². The molecule has 0 saturated heterocycles. The van der Waals surface area contributed by atoms with Crippen LogP contribution in [0.5, 0.6) is 5.75 Å². The van der Waals surface area contributed by atoms with Crippen LogP contribution in [0.2, 0.25) is 10.0 Å². The van der Waals surface area contributed by atoms with E-state index < -0.39 is 5.82 Å². The van der Waals surface area contributed by atoms with Crippen LogP contribution in [0.25, 0.3) is 11.1 Å². The van der Waals surface area contributed by atoms with Gasteiger partial charge in [0.1, 0.15) is 17.4 Å². The molecule has 3 rings (SSSR count). The first-order valence-electron chi connectivity index (χ1n) is 9.42. The molecule has 0 saturated carbocycles. The first-order chi connectivity index (χ1) is 14.9. The normalized spacial score (nSPS) is 10.4. The number of pyridine rings is 1. The summed E-state index contributed by atoms with van der Waals surface area (Å²) < 4.78 is 18.6. The maximum Gasteiger partial charge on any atom is 0.257 e. The average Bonchev–Trinajstić information content (AvgIpc) is 2.75. The highest BCUT2D eigenvalue weighted by Gasteiger charge is 2.06. The summed E-state index contributed by atoms with van der Waals surface area (Å²) in [6.45, 7) is 4.10. The first-order valence-corrected chi connectivity index (χ1v) is 10.2. The highest BCUT2D eigenvalue weighted by Crippen LogP contribution is 2.23. The smallest absolute Gasteiger partial charge is 0.257 e. The van der Waals surface area contributed by atoms with Gasteiger partial charge in [0.25, 0.3) is 5.91 Å². The van der Waals surface area contributed by atoms with Crippen molar-refractivity contribution < 1.29 is 13.9 Å². The van der Waals surface area contributed by atoms with E-state index in [0.717, 1.165) is 17.2 Å². The van der Waals surface area contributed by atoms with Gasteiger partial charge in [0, 0.05) is 35.9 Å². The fraction of sp³-hybridized carbons (Fsp3) is 0.130. The van der Waals surface area contributed by atoms with E-state index in [1.807, 2.05) is 36.4 Å². The molecule has 2 N–H and O–H groups in total. The van der Waals surface area contributed by atoms with Crippen LogP contribution in [0.1, 0.15) is 6.42 Å². The lowest BCUT2D eigenvalue weighted by atomic mass is 10.1. The van der Waals surface area contributed by atoms with E-state index in [2.05, 4.69) is 22.2 Å². The molecule has 0 aliphatic rings. The number of aromatic nitrogens is 1. The van der Waals surface area contributed by atoms with E-state index >= 15 is 0 Å². The van der Waals surface area contributed by atoms with Crippen molar-refractivity contribution >= 4 is 34.9 Å². The van der Waals surface area contributed by atoms with Crippen LogP contribution < -0.4 is 15.4 Å². The molecule has 0 spiro atoms. The molecule has 0 radical (unpaired) electrons. The van der Waals surface area contributed by atoms with Gasteiger partial charge in [-0.15, -0.1) is 0 Å². The van der Waals surface area contributed by atoms with Crippen LogP contribution in [0.15, 0.2) is 73.1 Å². The van der Waals surface area contributed by atoms with Gasteiger partial charge in [0.15, 0.2) is 6.61 Å². The van der Waals surface area contributed by atoms with Gasteiger partial charge in [-0.1, -0.05) is 41.9 Å². The molecule has 0 fully saturated rings. The Kier molecular flexibility index (Phi) is 7.87. The SMILES string of the molecule is C=C(CCNC(=O)COc1ccc(Cl)c(F)c1)Nc1cc(-c2ccc(Cl)cc2)ccn1. The quantitative estimate of drug-likeness (QED) is 0.430. The highest BCUT2D eigenvalue weighted by atomic mass is 35.5. The number of rotatable bonds is 9. The third kappa shape index (κ3) is 6.98. The summed E-state index contributed by atoms with van der Waals surface area (Å²) in [4.78, 5) is 16.2. The molecule has 160 valence electrons. The van der Waals surface area contributed by atoms with Gasteiger partial charge >= 0.3 is 0 Å². The van der Waals surface area contributed by atoms with Crippen molar-refractivity contribution in [2.45, 2.75) is 6.42 Å². The van der Waals surface area contributed by atoms with Crippen molar-refractivity contribution in [2.24, 2.45) is 0 Å². The predicted octanol–water partition coefficient (Wildman–Crippen LogP) is 5.71.